The molecule has 0 radical (unpaired) electrons. The van der Waals surface area contributed by atoms with Crippen LogP contribution >= 0.6 is 15.9 Å². The molecule has 19 heavy (non-hydrogen) atoms. The summed E-state index contributed by atoms with van der Waals surface area (Å²) >= 11 is 3.33. The van der Waals surface area contributed by atoms with Crippen LogP contribution in [0.2, 0.25) is 0 Å². The SMILES string of the molecule is Cc1cc(Br)cc(NC(=O)N[C@@H](C(=O)O)C(C)C)c1. The summed E-state index contributed by atoms with van der Waals surface area (Å²) in [6, 6.07) is 4.02. The second kappa shape index (κ2) is 6.56. The molecule has 1 atom stereocenters. The maximum absolute atomic E-state index is 11.8. The van der Waals surface area contributed by atoms with Gasteiger partial charge in [-0.05, 0) is 36.6 Å². The molecule has 0 aliphatic carbocycles. The van der Waals surface area contributed by atoms with Crippen molar-refractivity contribution in [2.75, 3.05) is 5.32 Å². The predicted octanol–water partition coefficient (Wildman–Crippen LogP) is 2.99. The third kappa shape index (κ3) is 4.90. The molecule has 0 aliphatic heterocycles. The second-order valence-electron chi connectivity index (χ2n) is 4.68. The molecule has 0 bridgehead atoms. The zero-order valence-corrected chi connectivity index (χ0v) is 12.6. The molecular weight excluding hydrogens is 312 g/mol. The Morgan fingerprint density at radius 1 is 1.26 bits per heavy atom. The Bertz CT molecular complexity index is 469. The van der Waals surface area contributed by atoms with Crippen LogP contribution in [0.15, 0.2) is 22.7 Å². The normalized spacial score (nSPS) is 12.1. The highest BCUT2D eigenvalue weighted by atomic mass is 79.9. The molecule has 0 aliphatic rings. The minimum absolute atomic E-state index is 0.188. The van der Waals surface area contributed by atoms with Gasteiger partial charge in [-0.15, -0.1) is 0 Å². The average molecular weight is 329 g/mol. The quantitative estimate of drug-likeness (QED) is 0.795. The van der Waals surface area contributed by atoms with E-state index in [-0.39, 0.29) is 5.92 Å². The summed E-state index contributed by atoms with van der Waals surface area (Å²) in [6.45, 7) is 5.38. The maximum atomic E-state index is 11.8. The van der Waals surface area contributed by atoms with Crippen molar-refractivity contribution >= 4 is 33.6 Å². The minimum Gasteiger partial charge on any atom is -0.480 e. The molecule has 0 saturated carbocycles. The maximum Gasteiger partial charge on any atom is 0.326 e. The third-order valence-electron chi connectivity index (χ3n) is 2.52. The average Bonchev–Trinajstić information content (AvgIpc) is 2.23. The fraction of sp³-hybridized carbons (Fsp3) is 0.385. The number of rotatable bonds is 4. The summed E-state index contributed by atoms with van der Waals surface area (Å²) in [6.07, 6.45) is 0. The van der Waals surface area contributed by atoms with E-state index in [0.717, 1.165) is 10.0 Å². The van der Waals surface area contributed by atoms with E-state index in [0.29, 0.717) is 5.69 Å². The van der Waals surface area contributed by atoms with Gasteiger partial charge in [-0.1, -0.05) is 29.8 Å². The Balaban J connectivity index is 2.71. The fourth-order valence-corrected chi connectivity index (χ4v) is 2.24. The fourth-order valence-electron chi connectivity index (χ4n) is 1.63. The molecule has 2 amide bonds. The smallest absolute Gasteiger partial charge is 0.326 e. The van der Waals surface area contributed by atoms with Crippen LogP contribution in [0, 0.1) is 12.8 Å². The van der Waals surface area contributed by atoms with Gasteiger partial charge >= 0.3 is 12.0 Å². The summed E-state index contributed by atoms with van der Waals surface area (Å²) in [5.74, 6) is -1.23. The molecule has 6 heteroatoms. The number of hydrogen-bond donors (Lipinski definition) is 3. The van der Waals surface area contributed by atoms with Crippen molar-refractivity contribution in [1.82, 2.24) is 5.32 Å². The Hall–Kier alpha value is -1.56. The van der Waals surface area contributed by atoms with Crippen LogP contribution in [-0.4, -0.2) is 23.1 Å². The summed E-state index contributed by atoms with van der Waals surface area (Å²) in [4.78, 5) is 22.7. The van der Waals surface area contributed by atoms with Crippen molar-refractivity contribution in [3.8, 4) is 0 Å². The molecule has 1 aromatic carbocycles. The summed E-state index contributed by atoms with van der Waals surface area (Å²) in [5, 5.41) is 14.1. The molecule has 0 spiro atoms. The monoisotopic (exact) mass is 328 g/mol. The van der Waals surface area contributed by atoms with Crippen LogP contribution in [0.25, 0.3) is 0 Å². The van der Waals surface area contributed by atoms with Crippen LogP contribution in [0.4, 0.5) is 10.5 Å². The topological polar surface area (TPSA) is 78.4 Å². The van der Waals surface area contributed by atoms with E-state index in [9.17, 15) is 9.59 Å². The first-order valence-electron chi connectivity index (χ1n) is 5.87. The number of nitrogens with one attached hydrogen (secondary N) is 2. The van der Waals surface area contributed by atoms with Crippen LogP contribution in [-0.2, 0) is 4.79 Å². The van der Waals surface area contributed by atoms with Gasteiger partial charge in [-0.3, -0.25) is 0 Å². The van der Waals surface area contributed by atoms with Gasteiger partial charge in [-0.2, -0.15) is 0 Å². The summed E-state index contributed by atoms with van der Waals surface area (Å²) in [5.41, 5.74) is 1.60. The van der Waals surface area contributed by atoms with E-state index in [1.807, 2.05) is 13.0 Å². The number of carbonyl (C=O) groups is 2. The molecule has 0 heterocycles. The van der Waals surface area contributed by atoms with Gasteiger partial charge in [0.05, 0.1) is 0 Å². The van der Waals surface area contributed by atoms with Crippen LogP contribution in [0.1, 0.15) is 19.4 Å². The van der Waals surface area contributed by atoms with E-state index in [2.05, 4.69) is 26.6 Å². The number of aliphatic carboxylic acids is 1. The largest absolute Gasteiger partial charge is 0.480 e. The predicted molar refractivity (Wildman–Crippen MR) is 77.3 cm³/mol. The van der Waals surface area contributed by atoms with Gasteiger partial charge in [0.2, 0.25) is 0 Å². The molecule has 1 rings (SSSR count). The molecule has 0 unspecified atom stereocenters. The van der Waals surface area contributed by atoms with Crippen molar-refractivity contribution in [1.29, 1.82) is 0 Å². The van der Waals surface area contributed by atoms with Crippen LogP contribution in [0.3, 0.4) is 0 Å². The minimum atomic E-state index is -1.05. The van der Waals surface area contributed by atoms with Crippen molar-refractivity contribution in [3.63, 3.8) is 0 Å². The number of hydrogen-bond acceptors (Lipinski definition) is 2. The lowest BCUT2D eigenvalue weighted by Crippen LogP contribution is -2.46. The number of aryl methyl sites for hydroxylation is 1. The lowest BCUT2D eigenvalue weighted by Gasteiger charge is -2.18. The molecule has 0 saturated heterocycles. The highest BCUT2D eigenvalue weighted by Crippen LogP contribution is 2.19. The van der Waals surface area contributed by atoms with Crippen LogP contribution < -0.4 is 10.6 Å². The first-order valence-corrected chi connectivity index (χ1v) is 6.66. The van der Waals surface area contributed by atoms with Gasteiger partial charge in [0.25, 0.3) is 0 Å². The van der Waals surface area contributed by atoms with Gasteiger partial charge in [0.1, 0.15) is 6.04 Å². The molecule has 5 nitrogen and oxygen atoms in total. The number of carbonyl (C=O) groups excluding carboxylic acids is 1. The number of urea groups is 1. The summed E-state index contributed by atoms with van der Waals surface area (Å²) < 4.78 is 0.849. The molecule has 0 fully saturated rings. The van der Waals surface area contributed by atoms with E-state index in [1.165, 1.54) is 0 Å². The first kappa shape index (κ1) is 15.5. The standard InChI is InChI=1S/C13H17BrN2O3/c1-7(2)11(12(17)18)16-13(19)15-10-5-8(3)4-9(14)6-10/h4-7,11H,1-3H3,(H,17,18)(H2,15,16,19)/t11-/m1/s1. The lowest BCUT2D eigenvalue weighted by molar-refractivity contribution is -0.140. The van der Waals surface area contributed by atoms with Crippen molar-refractivity contribution < 1.29 is 14.7 Å². The van der Waals surface area contributed by atoms with Crippen molar-refractivity contribution in [3.05, 3.63) is 28.2 Å². The van der Waals surface area contributed by atoms with E-state index >= 15 is 0 Å². The molecular formula is C13H17BrN2O3. The Morgan fingerprint density at radius 3 is 2.37 bits per heavy atom. The lowest BCUT2D eigenvalue weighted by atomic mass is 10.1. The highest BCUT2D eigenvalue weighted by molar-refractivity contribution is 9.10. The Morgan fingerprint density at radius 2 is 1.89 bits per heavy atom. The number of amides is 2. The number of benzene rings is 1. The number of halogens is 1. The molecule has 0 aromatic heterocycles. The zero-order valence-electron chi connectivity index (χ0n) is 11.0. The van der Waals surface area contributed by atoms with Gasteiger partial charge in [-0.25, -0.2) is 9.59 Å². The van der Waals surface area contributed by atoms with Gasteiger partial charge in [0, 0.05) is 10.2 Å². The number of carboxylic acids is 1. The van der Waals surface area contributed by atoms with Gasteiger partial charge in [0.15, 0.2) is 0 Å². The number of carboxylic acid groups (broad SMARTS) is 1. The van der Waals surface area contributed by atoms with E-state index in [4.69, 9.17) is 5.11 Å². The van der Waals surface area contributed by atoms with E-state index in [1.54, 1.807) is 26.0 Å². The number of anilines is 1. The van der Waals surface area contributed by atoms with Crippen molar-refractivity contribution in [2.45, 2.75) is 26.8 Å². The van der Waals surface area contributed by atoms with E-state index < -0.39 is 18.0 Å². The molecule has 3 N–H and O–H groups in total. The Labute approximate surface area is 120 Å². The van der Waals surface area contributed by atoms with Crippen LogP contribution in [0.5, 0.6) is 0 Å². The molecule has 104 valence electrons. The van der Waals surface area contributed by atoms with Crippen molar-refractivity contribution in [2.24, 2.45) is 5.92 Å². The first-order chi connectivity index (χ1) is 8.79. The third-order valence-corrected chi connectivity index (χ3v) is 2.98. The molecule has 1 aromatic rings. The summed E-state index contributed by atoms with van der Waals surface area (Å²) in [7, 11) is 0. The van der Waals surface area contributed by atoms with Gasteiger partial charge < -0.3 is 15.7 Å². The zero-order chi connectivity index (χ0) is 14.6. The second-order valence-corrected chi connectivity index (χ2v) is 5.59. The highest BCUT2D eigenvalue weighted by Gasteiger charge is 2.23. The Kier molecular flexibility index (Phi) is 5.35.